The number of nitrogens with one attached hydrogen (secondary N) is 1. The zero-order valence-corrected chi connectivity index (χ0v) is 16.7. The molecule has 154 valence electrons. The highest BCUT2D eigenvalue weighted by Gasteiger charge is 2.59. The fourth-order valence-corrected chi connectivity index (χ4v) is 7.20. The average molecular weight is 396 g/mol. The fourth-order valence-electron chi connectivity index (χ4n) is 7.20. The Morgan fingerprint density at radius 1 is 1.31 bits per heavy atom. The molecule has 6 rings (SSSR count). The molecule has 1 saturated heterocycles. The maximum absolute atomic E-state index is 12.0. The minimum Gasteiger partial charge on any atom is -0.465 e. The van der Waals surface area contributed by atoms with Crippen LogP contribution >= 0.6 is 0 Å². The first-order chi connectivity index (χ1) is 13.9. The van der Waals surface area contributed by atoms with Gasteiger partial charge >= 0.3 is 6.09 Å². The molecule has 7 nitrogen and oxygen atoms in total. The van der Waals surface area contributed by atoms with Crippen LogP contribution in [0.25, 0.3) is 0 Å². The SMILES string of the molecule is Cc1nc(NC2CCN(C(=O)O)[C@@H]2C2C3CC4C[C@H]2CC(O)(C4)C3)ccc1C#N. The summed E-state index contributed by atoms with van der Waals surface area (Å²) in [6.07, 6.45) is 4.70. The Kier molecular flexibility index (Phi) is 4.25. The second-order valence-corrected chi connectivity index (χ2v) is 9.72. The minimum absolute atomic E-state index is 0.00288. The van der Waals surface area contributed by atoms with Crippen LogP contribution < -0.4 is 5.32 Å². The third kappa shape index (κ3) is 3.05. The van der Waals surface area contributed by atoms with Crippen molar-refractivity contribution in [2.24, 2.45) is 23.7 Å². The summed E-state index contributed by atoms with van der Waals surface area (Å²) >= 11 is 0. The topological polar surface area (TPSA) is 109 Å². The number of carbonyl (C=O) groups is 1. The molecule has 7 heteroatoms. The smallest absolute Gasteiger partial charge is 0.407 e. The van der Waals surface area contributed by atoms with Gasteiger partial charge in [0.1, 0.15) is 11.9 Å². The van der Waals surface area contributed by atoms with E-state index in [0.29, 0.717) is 47.3 Å². The van der Waals surface area contributed by atoms with Gasteiger partial charge in [-0.2, -0.15) is 5.26 Å². The molecule has 0 radical (unpaired) electrons. The van der Waals surface area contributed by atoms with Gasteiger partial charge in [-0.1, -0.05) is 0 Å². The number of anilines is 1. The summed E-state index contributed by atoms with van der Waals surface area (Å²) < 4.78 is 0. The highest BCUT2D eigenvalue weighted by Crippen LogP contribution is 2.60. The number of pyridine rings is 1. The number of aryl methyl sites for hydroxylation is 1. The first kappa shape index (κ1) is 18.7. The molecule has 1 aromatic rings. The summed E-state index contributed by atoms with van der Waals surface area (Å²) in [7, 11) is 0. The van der Waals surface area contributed by atoms with Crippen molar-refractivity contribution in [2.75, 3.05) is 11.9 Å². The van der Waals surface area contributed by atoms with Crippen LogP contribution in [-0.4, -0.2) is 50.4 Å². The lowest BCUT2D eigenvalue weighted by atomic mass is 9.48. The lowest BCUT2D eigenvalue weighted by Crippen LogP contribution is -2.61. The molecule has 5 fully saturated rings. The van der Waals surface area contributed by atoms with E-state index in [1.165, 1.54) is 0 Å². The van der Waals surface area contributed by atoms with Gasteiger partial charge in [0.05, 0.1) is 28.9 Å². The zero-order chi connectivity index (χ0) is 20.3. The van der Waals surface area contributed by atoms with Crippen molar-refractivity contribution in [3.63, 3.8) is 0 Å². The Morgan fingerprint density at radius 3 is 2.62 bits per heavy atom. The molecule has 5 unspecified atom stereocenters. The van der Waals surface area contributed by atoms with Crippen molar-refractivity contribution in [3.8, 4) is 6.07 Å². The van der Waals surface area contributed by atoms with Crippen LogP contribution in [0.3, 0.4) is 0 Å². The summed E-state index contributed by atoms with van der Waals surface area (Å²) in [6, 6.07) is 5.62. The zero-order valence-electron chi connectivity index (χ0n) is 16.7. The number of rotatable bonds is 3. The molecule has 5 aliphatic rings. The van der Waals surface area contributed by atoms with E-state index in [-0.39, 0.29) is 12.1 Å². The number of aromatic nitrogens is 1. The van der Waals surface area contributed by atoms with Crippen molar-refractivity contribution >= 4 is 11.9 Å². The van der Waals surface area contributed by atoms with Crippen LogP contribution in [0.5, 0.6) is 0 Å². The van der Waals surface area contributed by atoms with Crippen molar-refractivity contribution in [3.05, 3.63) is 23.4 Å². The molecule has 1 aromatic heterocycles. The number of amides is 1. The molecule has 0 spiro atoms. The van der Waals surface area contributed by atoms with E-state index >= 15 is 0 Å². The molecular formula is C22H28N4O3. The quantitative estimate of drug-likeness (QED) is 0.725. The molecule has 4 bridgehead atoms. The van der Waals surface area contributed by atoms with E-state index in [9.17, 15) is 15.0 Å². The van der Waals surface area contributed by atoms with Gasteiger partial charge in [-0.05, 0) is 81.3 Å². The summed E-state index contributed by atoms with van der Waals surface area (Å²) in [4.78, 5) is 18.2. The molecule has 1 aliphatic heterocycles. The minimum atomic E-state index is -0.851. The van der Waals surface area contributed by atoms with Crippen LogP contribution in [0.4, 0.5) is 10.6 Å². The van der Waals surface area contributed by atoms with Crippen LogP contribution in [0.15, 0.2) is 12.1 Å². The lowest BCUT2D eigenvalue weighted by molar-refractivity contribution is -0.162. The number of likely N-dealkylation sites (tertiary alicyclic amines) is 1. The molecule has 4 saturated carbocycles. The van der Waals surface area contributed by atoms with E-state index < -0.39 is 11.7 Å². The Labute approximate surface area is 170 Å². The monoisotopic (exact) mass is 396 g/mol. The Hall–Kier alpha value is -2.33. The van der Waals surface area contributed by atoms with Crippen molar-refractivity contribution in [2.45, 2.75) is 63.1 Å². The highest BCUT2D eigenvalue weighted by molar-refractivity contribution is 5.66. The number of aliphatic hydroxyl groups is 1. The third-order valence-corrected chi connectivity index (χ3v) is 7.95. The van der Waals surface area contributed by atoms with Gasteiger partial charge in [-0.25, -0.2) is 9.78 Å². The standard InChI is InChI=1S/C22H28N4O3/c1-12-14(11-23)2-3-18(24-12)25-17-4-5-26(21(27)28)20(17)19-15-6-13-7-16(19)10-22(29,8-13)9-15/h2-3,13,15-17,19-20,29H,4-10H2,1H3,(H,24,25)(H,27,28)/t13?,15-,16?,17?,19?,20-,22?/m0/s1. The largest absolute Gasteiger partial charge is 0.465 e. The van der Waals surface area contributed by atoms with Gasteiger partial charge in [0.2, 0.25) is 0 Å². The maximum atomic E-state index is 12.0. The number of hydrogen-bond acceptors (Lipinski definition) is 5. The summed E-state index contributed by atoms with van der Waals surface area (Å²) in [5.74, 6) is 2.39. The molecule has 29 heavy (non-hydrogen) atoms. The number of hydrogen-bond donors (Lipinski definition) is 3. The fraction of sp³-hybridized carbons (Fsp3) is 0.682. The Bertz CT molecular complexity index is 865. The second kappa shape index (κ2) is 6.60. The van der Waals surface area contributed by atoms with Crippen LogP contribution in [-0.2, 0) is 0 Å². The van der Waals surface area contributed by atoms with Crippen molar-refractivity contribution in [1.82, 2.24) is 9.88 Å². The Balaban J connectivity index is 1.43. The van der Waals surface area contributed by atoms with E-state index in [2.05, 4.69) is 16.4 Å². The third-order valence-electron chi connectivity index (χ3n) is 7.95. The van der Waals surface area contributed by atoms with E-state index in [0.717, 1.165) is 38.5 Å². The van der Waals surface area contributed by atoms with Gasteiger partial charge in [-0.15, -0.1) is 0 Å². The average Bonchev–Trinajstić information content (AvgIpc) is 3.04. The summed E-state index contributed by atoms with van der Waals surface area (Å²) in [5, 5.41) is 33.5. The molecule has 7 atom stereocenters. The second-order valence-electron chi connectivity index (χ2n) is 9.72. The van der Waals surface area contributed by atoms with E-state index in [4.69, 9.17) is 5.26 Å². The molecular weight excluding hydrogens is 368 g/mol. The summed E-state index contributed by atoms with van der Waals surface area (Å²) in [6.45, 7) is 2.34. The van der Waals surface area contributed by atoms with Gasteiger partial charge in [0, 0.05) is 6.54 Å². The highest BCUT2D eigenvalue weighted by atomic mass is 16.4. The van der Waals surface area contributed by atoms with Gasteiger partial charge in [0.25, 0.3) is 0 Å². The molecule has 0 aromatic carbocycles. The first-order valence-electron chi connectivity index (χ1n) is 10.7. The van der Waals surface area contributed by atoms with E-state index in [1.54, 1.807) is 11.0 Å². The number of carboxylic acid groups (broad SMARTS) is 1. The molecule has 2 heterocycles. The Morgan fingerprint density at radius 2 is 2.03 bits per heavy atom. The van der Waals surface area contributed by atoms with Gasteiger partial charge in [-0.3, -0.25) is 0 Å². The number of nitrogens with zero attached hydrogens (tertiary/aromatic N) is 3. The van der Waals surface area contributed by atoms with Crippen LogP contribution in [0, 0.1) is 41.9 Å². The maximum Gasteiger partial charge on any atom is 0.407 e. The van der Waals surface area contributed by atoms with Crippen LogP contribution in [0.1, 0.15) is 49.8 Å². The molecule has 4 aliphatic carbocycles. The van der Waals surface area contributed by atoms with E-state index in [1.807, 2.05) is 13.0 Å². The van der Waals surface area contributed by atoms with Gasteiger partial charge < -0.3 is 20.4 Å². The number of nitriles is 1. The normalized spacial score (nSPS) is 40.1. The van der Waals surface area contributed by atoms with Crippen LogP contribution in [0.2, 0.25) is 0 Å². The van der Waals surface area contributed by atoms with Crippen molar-refractivity contribution < 1.29 is 15.0 Å². The predicted octanol–water partition coefficient (Wildman–Crippen LogP) is 2.98. The predicted molar refractivity (Wildman–Crippen MR) is 106 cm³/mol. The lowest BCUT2D eigenvalue weighted by Gasteiger charge is -2.60. The van der Waals surface area contributed by atoms with Crippen molar-refractivity contribution in [1.29, 1.82) is 5.26 Å². The molecule has 1 amide bonds. The first-order valence-corrected chi connectivity index (χ1v) is 10.7. The summed E-state index contributed by atoms with van der Waals surface area (Å²) in [5.41, 5.74) is 0.716. The molecule has 3 N–H and O–H groups in total. The van der Waals surface area contributed by atoms with Gasteiger partial charge in [0.15, 0.2) is 0 Å².